The lowest BCUT2D eigenvalue weighted by molar-refractivity contribution is -0.385. The van der Waals surface area contributed by atoms with E-state index in [2.05, 4.69) is 10.0 Å². The lowest BCUT2D eigenvalue weighted by Crippen LogP contribution is -2.48. The van der Waals surface area contributed by atoms with Gasteiger partial charge in [-0.2, -0.15) is 0 Å². The molecule has 0 radical (unpaired) electrons. The maximum atomic E-state index is 12.7. The van der Waals surface area contributed by atoms with E-state index in [1.807, 2.05) is 6.92 Å². The highest BCUT2D eigenvalue weighted by Crippen LogP contribution is 2.26. The fraction of sp³-hybridized carbons (Fsp3) is 0.571. The largest absolute Gasteiger partial charge is 0.316 e. The maximum absolute atomic E-state index is 12.7. The fourth-order valence-electron chi connectivity index (χ4n) is 2.90. The molecule has 8 heteroatoms. The smallest absolute Gasteiger partial charge is 0.270 e. The Hall–Kier alpha value is -1.51. The van der Waals surface area contributed by atoms with Crippen molar-refractivity contribution in [2.75, 3.05) is 13.1 Å². The van der Waals surface area contributed by atoms with E-state index in [4.69, 9.17) is 0 Å². The Morgan fingerprint density at radius 2 is 1.91 bits per heavy atom. The number of non-ortho nitro benzene ring substituents is 1. The summed E-state index contributed by atoms with van der Waals surface area (Å²) in [6, 6.07) is 2.47. The van der Waals surface area contributed by atoms with Gasteiger partial charge in [0.25, 0.3) is 5.69 Å². The number of rotatable bonds is 4. The van der Waals surface area contributed by atoms with Crippen LogP contribution in [0.5, 0.6) is 0 Å². The van der Waals surface area contributed by atoms with E-state index in [-0.39, 0.29) is 22.5 Å². The molecule has 1 fully saturated rings. The lowest BCUT2D eigenvalue weighted by Gasteiger charge is -2.30. The zero-order chi connectivity index (χ0) is 16.5. The summed E-state index contributed by atoms with van der Waals surface area (Å²) in [4.78, 5) is 10.5. The monoisotopic (exact) mass is 327 g/mol. The number of hydrogen-bond acceptors (Lipinski definition) is 5. The highest BCUT2D eigenvalue weighted by atomic mass is 32.2. The van der Waals surface area contributed by atoms with Crippen LogP contribution in [0.2, 0.25) is 0 Å². The maximum Gasteiger partial charge on any atom is 0.270 e. The highest BCUT2D eigenvalue weighted by molar-refractivity contribution is 7.89. The van der Waals surface area contributed by atoms with Crippen LogP contribution in [0.25, 0.3) is 0 Å². The van der Waals surface area contributed by atoms with Gasteiger partial charge >= 0.3 is 0 Å². The average Bonchev–Trinajstić information content (AvgIpc) is 2.39. The van der Waals surface area contributed by atoms with E-state index in [0.717, 1.165) is 19.5 Å². The van der Waals surface area contributed by atoms with Crippen molar-refractivity contribution in [1.82, 2.24) is 10.0 Å². The van der Waals surface area contributed by atoms with Crippen molar-refractivity contribution >= 4 is 15.7 Å². The first kappa shape index (κ1) is 16.9. The van der Waals surface area contributed by atoms with Crippen molar-refractivity contribution < 1.29 is 13.3 Å². The molecule has 0 amide bonds. The van der Waals surface area contributed by atoms with Gasteiger partial charge in [0.05, 0.1) is 9.82 Å². The quantitative estimate of drug-likeness (QED) is 0.644. The molecule has 1 saturated heterocycles. The highest BCUT2D eigenvalue weighted by Gasteiger charge is 2.29. The first-order valence-electron chi connectivity index (χ1n) is 7.21. The van der Waals surface area contributed by atoms with Crippen molar-refractivity contribution in [2.45, 2.75) is 38.1 Å². The minimum absolute atomic E-state index is 0.0933. The van der Waals surface area contributed by atoms with Gasteiger partial charge < -0.3 is 5.32 Å². The number of aryl methyl sites for hydroxylation is 2. The van der Waals surface area contributed by atoms with Gasteiger partial charge in [0.15, 0.2) is 0 Å². The molecule has 1 aromatic rings. The van der Waals surface area contributed by atoms with Crippen LogP contribution in [0.3, 0.4) is 0 Å². The molecule has 122 valence electrons. The zero-order valence-electron chi connectivity index (χ0n) is 12.9. The Bertz CT molecular complexity index is 664. The summed E-state index contributed by atoms with van der Waals surface area (Å²) in [6.07, 6.45) is 0.728. The number of piperidine rings is 1. The summed E-state index contributed by atoms with van der Waals surface area (Å²) in [5.74, 6) is 0.196. The Labute approximate surface area is 130 Å². The van der Waals surface area contributed by atoms with Gasteiger partial charge in [-0.1, -0.05) is 6.92 Å². The van der Waals surface area contributed by atoms with Crippen LogP contribution in [0.15, 0.2) is 17.0 Å². The van der Waals surface area contributed by atoms with Crippen LogP contribution in [0.1, 0.15) is 24.5 Å². The number of nitrogens with zero attached hydrogens (tertiary/aromatic N) is 1. The first-order chi connectivity index (χ1) is 10.2. The molecule has 2 atom stereocenters. The molecule has 7 nitrogen and oxygen atoms in total. The summed E-state index contributed by atoms with van der Waals surface area (Å²) in [6.45, 7) is 6.71. The summed E-state index contributed by atoms with van der Waals surface area (Å²) < 4.78 is 28.1. The van der Waals surface area contributed by atoms with Crippen molar-refractivity contribution in [3.63, 3.8) is 0 Å². The van der Waals surface area contributed by atoms with Crippen LogP contribution in [0, 0.1) is 29.9 Å². The summed E-state index contributed by atoms with van der Waals surface area (Å²) in [5.41, 5.74) is 0.686. The second-order valence-electron chi connectivity index (χ2n) is 5.86. The third-order valence-corrected chi connectivity index (χ3v) is 5.81. The minimum atomic E-state index is -3.70. The van der Waals surface area contributed by atoms with Gasteiger partial charge in [-0.05, 0) is 50.4 Å². The van der Waals surface area contributed by atoms with E-state index in [1.165, 1.54) is 12.1 Å². The Kier molecular flexibility index (Phi) is 4.84. The molecule has 1 aromatic carbocycles. The number of benzene rings is 1. The van der Waals surface area contributed by atoms with Gasteiger partial charge in [0.1, 0.15) is 0 Å². The fourth-order valence-corrected chi connectivity index (χ4v) is 4.74. The Balaban J connectivity index is 2.35. The molecule has 1 aliphatic heterocycles. The van der Waals surface area contributed by atoms with Crippen LogP contribution in [-0.2, 0) is 10.0 Å². The molecule has 22 heavy (non-hydrogen) atoms. The van der Waals surface area contributed by atoms with E-state index >= 15 is 0 Å². The SMILES string of the molecule is Cc1cc([N+](=O)[O-])cc(C)c1S(=O)(=O)NC1CCNCC1C. The van der Waals surface area contributed by atoms with Crippen LogP contribution in [0.4, 0.5) is 5.69 Å². The summed E-state index contributed by atoms with van der Waals surface area (Å²) in [5, 5.41) is 14.1. The second kappa shape index (κ2) is 6.31. The molecule has 0 spiro atoms. The number of nitro benzene ring substituents is 1. The molecule has 0 aliphatic carbocycles. The third kappa shape index (κ3) is 3.45. The molecule has 2 N–H and O–H groups in total. The van der Waals surface area contributed by atoms with E-state index in [1.54, 1.807) is 13.8 Å². The molecule has 1 aliphatic rings. The molecule has 2 rings (SSSR count). The van der Waals surface area contributed by atoms with Crippen LogP contribution in [-0.4, -0.2) is 32.5 Å². The molecule has 0 aromatic heterocycles. The van der Waals surface area contributed by atoms with Gasteiger partial charge in [-0.15, -0.1) is 0 Å². The molecular weight excluding hydrogens is 306 g/mol. The number of nitrogens with one attached hydrogen (secondary N) is 2. The normalized spacial score (nSPS) is 22.5. The number of hydrogen-bond donors (Lipinski definition) is 2. The summed E-state index contributed by atoms with van der Waals surface area (Å²) >= 11 is 0. The number of sulfonamides is 1. The molecule has 1 heterocycles. The van der Waals surface area contributed by atoms with Crippen LogP contribution >= 0.6 is 0 Å². The van der Waals surface area contributed by atoms with Crippen molar-refractivity contribution in [3.05, 3.63) is 33.4 Å². The molecule has 0 saturated carbocycles. The second-order valence-corrected chi connectivity index (χ2v) is 7.51. The van der Waals surface area contributed by atoms with Crippen LogP contribution < -0.4 is 10.0 Å². The van der Waals surface area contributed by atoms with Crippen molar-refractivity contribution in [3.8, 4) is 0 Å². The predicted octanol–water partition coefficient (Wildman–Crippen LogP) is 1.49. The van der Waals surface area contributed by atoms with Gasteiger partial charge in [0.2, 0.25) is 10.0 Å². The molecule has 0 bridgehead atoms. The standard InChI is InChI=1S/C14H21N3O4S/c1-9-6-12(17(18)19)7-10(2)14(9)22(20,21)16-13-4-5-15-8-11(13)3/h6-7,11,13,15-16H,4-5,8H2,1-3H3. The van der Waals surface area contributed by atoms with Gasteiger partial charge in [0, 0.05) is 18.2 Å². The third-order valence-electron chi connectivity index (χ3n) is 4.02. The Morgan fingerprint density at radius 1 is 1.32 bits per heavy atom. The topological polar surface area (TPSA) is 101 Å². The zero-order valence-corrected chi connectivity index (χ0v) is 13.7. The van der Waals surface area contributed by atoms with Gasteiger partial charge in [-0.25, -0.2) is 13.1 Å². The van der Waals surface area contributed by atoms with E-state index < -0.39 is 14.9 Å². The summed E-state index contributed by atoms with van der Waals surface area (Å²) in [7, 11) is -3.70. The van der Waals surface area contributed by atoms with Crippen molar-refractivity contribution in [1.29, 1.82) is 0 Å². The first-order valence-corrected chi connectivity index (χ1v) is 8.69. The Morgan fingerprint density at radius 3 is 2.41 bits per heavy atom. The van der Waals surface area contributed by atoms with Gasteiger partial charge in [-0.3, -0.25) is 10.1 Å². The minimum Gasteiger partial charge on any atom is -0.316 e. The van der Waals surface area contributed by atoms with E-state index in [0.29, 0.717) is 11.1 Å². The molecular formula is C14H21N3O4S. The average molecular weight is 327 g/mol. The van der Waals surface area contributed by atoms with Crippen molar-refractivity contribution in [2.24, 2.45) is 5.92 Å². The lowest BCUT2D eigenvalue weighted by atomic mass is 9.97. The molecule has 2 unspecified atom stereocenters. The van der Waals surface area contributed by atoms with E-state index in [9.17, 15) is 18.5 Å². The number of nitro groups is 1. The predicted molar refractivity (Wildman–Crippen MR) is 83.3 cm³/mol.